The average molecular weight is 319 g/mol. The first kappa shape index (κ1) is 15.2. The molecule has 2 aromatic rings. The molecule has 0 N–H and O–H groups in total. The first-order chi connectivity index (χ1) is 10.8. The summed E-state index contributed by atoms with van der Waals surface area (Å²) in [6.07, 6.45) is 6.68. The van der Waals surface area contributed by atoms with Crippen LogP contribution < -0.4 is 4.90 Å². The fourth-order valence-corrected chi connectivity index (χ4v) is 2.87. The summed E-state index contributed by atoms with van der Waals surface area (Å²) in [6, 6.07) is 3.69. The van der Waals surface area contributed by atoms with Crippen LogP contribution in [0.25, 0.3) is 0 Å². The molecule has 0 aliphatic carbocycles. The van der Waals surface area contributed by atoms with E-state index in [0.717, 1.165) is 37.2 Å². The van der Waals surface area contributed by atoms with Gasteiger partial charge in [-0.15, -0.1) is 0 Å². The number of aromatic nitrogens is 3. The Morgan fingerprint density at radius 2 is 2.00 bits per heavy atom. The van der Waals surface area contributed by atoms with Crippen LogP contribution in [0.15, 0.2) is 35.9 Å². The lowest BCUT2D eigenvalue weighted by Gasteiger charge is -2.35. The fraction of sp³-hybridized carbons (Fsp3) is 0.400. The van der Waals surface area contributed by atoms with Crippen LogP contribution in [0.4, 0.5) is 10.2 Å². The maximum absolute atomic E-state index is 13.7. The van der Waals surface area contributed by atoms with Crippen molar-refractivity contribution < 1.29 is 4.39 Å². The Bertz CT molecular complexity index is 631. The summed E-state index contributed by atoms with van der Waals surface area (Å²) < 4.78 is 13.7. The predicted octanol–water partition coefficient (Wildman–Crippen LogP) is 2.05. The van der Waals surface area contributed by atoms with Gasteiger partial charge in [-0.3, -0.25) is 9.88 Å². The van der Waals surface area contributed by atoms with Gasteiger partial charge in [0.25, 0.3) is 0 Å². The molecule has 1 aliphatic heterocycles. The van der Waals surface area contributed by atoms with Gasteiger partial charge in [0.1, 0.15) is 11.6 Å². The molecule has 0 amide bonds. The number of piperazine rings is 1. The summed E-state index contributed by atoms with van der Waals surface area (Å²) in [6.45, 7) is 4.18. The summed E-state index contributed by atoms with van der Waals surface area (Å²) in [5, 5.41) is 0.791. The smallest absolute Gasteiger partial charge is 0.189 e. The van der Waals surface area contributed by atoms with Crippen molar-refractivity contribution in [2.45, 2.75) is 11.7 Å². The van der Waals surface area contributed by atoms with Gasteiger partial charge in [-0.1, -0.05) is 11.8 Å². The number of anilines is 1. The molecular weight excluding hydrogens is 301 g/mol. The highest BCUT2D eigenvalue weighted by Crippen LogP contribution is 2.18. The summed E-state index contributed by atoms with van der Waals surface area (Å²) >= 11 is 1.54. The van der Waals surface area contributed by atoms with Gasteiger partial charge >= 0.3 is 0 Å². The van der Waals surface area contributed by atoms with E-state index in [2.05, 4.69) is 24.8 Å². The van der Waals surface area contributed by atoms with E-state index in [1.807, 2.05) is 12.3 Å². The number of halogens is 1. The maximum atomic E-state index is 13.7. The Kier molecular flexibility index (Phi) is 4.84. The molecule has 3 heterocycles. The van der Waals surface area contributed by atoms with Gasteiger partial charge < -0.3 is 4.90 Å². The Labute approximate surface area is 133 Å². The van der Waals surface area contributed by atoms with E-state index < -0.39 is 0 Å². The van der Waals surface area contributed by atoms with Crippen molar-refractivity contribution in [1.82, 2.24) is 19.9 Å². The number of hydrogen-bond donors (Lipinski definition) is 0. The van der Waals surface area contributed by atoms with Crippen LogP contribution in [0.5, 0.6) is 0 Å². The lowest BCUT2D eigenvalue weighted by molar-refractivity contribution is 0.246. The van der Waals surface area contributed by atoms with Gasteiger partial charge in [-0.05, 0) is 18.4 Å². The first-order valence-corrected chi connectivity index (χ1v) is 8.41. The molecule has 1 aliphatic rings. The lowest BCUT2D eigenvalue weighted by Crippen LogP contribution is -2.46. The van der Waals surface area contributed by atoms with Gasteiger partial charge in [0.2, 0.25) is 0 Å². The molecule has 116 valence electrons. The van der Waals surface area contributed by atoms with Gasteiger partial charge in [-0.25, -0.2) is 14.4 Å². The normalized spacial score (nSPS) is 16.0. The van der Waals surface area contributed by atoms with E-state index in [9.17, 15) is 4.39 Å². The Hall–Kier alpha value is -1.73. The van der Waals surface area contributed by atoms with Gasteiger partial charge in [0, 0.05) is 50.7 Å². The largest absolute Gasteiger partial charge is 0.354 e. The second-order valence-corrected chi connectivity index (χ2v) is 5.91. The van der Waals surface area contributed by atoms with Crippen LogP contribution in [-0.2, 0) is 6.54 Å². The Morgan fingerprint density at radius 1 is 1.18 bits per heavy atom. The molecule has 0 radical (unpaired) electrons. The number of rotatable bonds is 4. The molecule has 7 heteroatoms. The minimum Gasteiger partial charge on any atom is -0.354 e. The lowest BCUT2D eigenvalue weighted by atomic mass is 10.2. The first-order valence-electron chi connectivity index (χ1n) is 7.19. The van der Waals surface area contributed by atoms with Crippen LogP contribution in [-0.4, -0.2) is 52.3 Å². The zero-order chi connectivity index (χ0) is 15.4. The molecule has 1 saturated heterocycles. The molecule has 22 heavy (non-hydrogen) atoms. The third-order valence-electron chi connectivity index (χ3n) is 3.75. The second kappa shape index (κ2) is 7.02. The zero-order valence-corrected chi connectivity index (χ0v) is 13.3. The van der Waals surface area contributed by atoms with E-state index in [1.165, 1.54) is 6.20 Å². The Morgan fingerprint density at radius 3 is 2.73 bits per heavy atom. The molecule has 5 nitrogen and oxygen atoms in total. The molecule has 0 unspecified atom stereocenters. The third-order valence-corrected chi connectivity index (χ3v) is 4.31. The number of nitrogens with zero attached hydrogens (tertiary/aromatic N) is 5. The molecular formula is C15H18FN5S. The van der Waals surface area contributed by atoms with Crippen molar-refractivity contribution in [3.8, 4) is 0 Å². The molecule has 2 aromatic heterocycles. The van der Waals surface area contributed by atoms with Crippen LogP contribution in [0.1, 0.15) is 5.56 Å². The van der Waals surface area contributed by atoms with Crippen LogP contribution in [0, 0.1) is 5.82 Å². The second-order valence-electron chi connectivity index (χ2n) is 5.13. The maximum Gasteiger partial charge on any atom is 0.189 e. The van der Waals surface area contributed by atoms with Crippen LogP contribution in [0.2, 0.25) is 0 Å². The molecule has 0 saturated carbocycles. The minimum absolute atomic E-state index is 0.231. The van der Waals surface area contributed by atoms with Crippen molar-refractivity contribution in [2.75, 3.05) is 37.3 Å². The van der Waals surface area contributed by atoms with Gasteiger partial charge in [0.05, 0.1) is 6.20 Å². The zero-order valence-electron chi connectivity index (χ0n) is 12.4. The Balaban J connectivity index is 1.59. The number of pyridine rings is 1. The minimum atomic E-state index is -0.231. The third kappa shape index (κ3) is 3.53. The highest BCUT2D eigenvalue weighted by Gasteiger charge is 2.19. The van der Waals surface area contributed by atoms with E-state index in [-0.39, 0.29) is 5.82 Å². The summed E-state index contributed by atoms with van der Waals surface area (Å²) in [5.74, 6) is 0.736. The standard InChI is InChI=1S/C15H18FN5S/c1-22-15-18-5-3-14(19-15)21-8-6-20(7-9-21)11-12-2-4-17-10-13(12)16/h2-5,10H,6-9,11H2,1H3. The SMILES string of the molecule is CSc1nccc(N2CCN(Cc3ccncc3F)CC2)n1. The van der Waals surface area contributed by atoms with Crippen LogP contribution in [0.3, 0.4) is 0 Å². The molecule has 3 rings (SSSR count). The van der Waals surface area contributed by atoms with Gasteiger partial charge in [-0.2, -0.15) is 0 Å². The van der Waals surface area contributed by atoms with Crippen molar-refractivity contribution >= 4 is 17.6 Å². The number of hydrogen-bond acceptors (Lipinski definition) is 6. The topological polar surface area (TPSA) is 45.2 Å². The highest BCUT2D eigenvalue weighted by molar-refractivity contribution is 7.98. The van der Waals surface area contributed by atoms with Crippen molar-refractivity contribution in [3.63, 3.8) is 0 Å². The van der Waals surface area contributed by atoms with E-state index >= 15 is 0 Å². The molecule has 0 spiro atoms. The summed E-state index contributed by atoms with van der Waals surface area (Å²) in [7, 11) is 0. The van der Waals surface area contributed by atoms with E-state index in [1.54, 1.807) is 30.2 Å². The monoisotopic (exact) mass is 319 g/mol. The fourth-order valence-electron chi connectivity index (χ4n) is 2.51. The van der Waals surface area contributed by atoms with Crippen molar-refractivity contribution in [1.29, 1.82) is 0 Å². The quantitative estimate of drug-likeness (QED) is 0.635. The van der Waals surface area contributed by atoms with Gasteiger partial charge in [0.15, 0.2) is 5.16 Å². The average Bonchev–Trinajstić information content (AvgIpc) is 2.58. The van der Waals surface area contributed by atoms with E-state index in [4.69, 9.17) is 0 Å². The molecule has 0 aromatic carbocycles. The summed E-state index contributed by atoms with van der Waals surface area (Å²) in [4.78, 5) is 17.0. The van der Waals surface area contributed by atoms with E-state index in [0.29, 0.717) is 12.1 Å². The molecule has 0 atom stereocenters. The van der Waals surface area contributed by atoms with Crippen LogP contribution >= 0.6 is 11.8 Å². The molecule has 0 bridgehead atoms. The van der Waals surface area contributed by atoms with Crippen molar-refractivity contribution in [2.24, 2.45) is 0 Å². The number of thioether (sulfide) groups is 1. The van der Waals surface area contributed by atoms with Crippen molar-refractivity contribution in [3.05, 3.63) is 42.1 Å². The predicted molar refractivity (Wildman–Crippen MR) is 85.5 cm³/mol. The highest BCUT2D eigenvalue weighted by atomic mass is 32.2. The summed E-state index contributed by atoms with van der Waals surface area (Å²) in [5.41, 5.74) is 0.704. The molecule has 1 fully saturated rings.